The average molecular weight is 422 g/mol. The Morgan fingerprint density at radius 3 is 2.38 bits per heavy atom. The zero-order chi connectivity index (χ0) is 20.9. The van der Waals surface area contributed by atoms with E-state index in [-0.39, 0.29) is 19.8 Å². The summed E-state index contributed by atoms with van der Waals surface area (Å²) >= 11 is 0. The minimum Gasteiger partial charge on any atom is -0.462 e. The van der Waals surface area contributed by atoms with Crippen molar-refractivity contribution in [1.82, 2.24) is 9.30 Å². The number of piperidine rings is 1. The first-order chi connectivity index (χ1) is 14.1. The van der Waals surface area contributed by atoms with Crippen LogP contribution in [0.2, 0.25) is 0 Å². The monoisotopic (exact) mass is 422 g/mol. The van der Waals surface area contributed by atoms with E-state index in [0.29, 0.717) is 11.3 Å². The van der Waals surface area contributed by atoms with E-state index < -0.39 is 19.3 Å². The summed E-state index contributed by atoms with van der Waals surface area (Å²) in [6, 6.07) is 7.53. The van der Waals surface area contributed by atoms with Gasteiger partial charge >= 0.3 is 13.6 Å². The van der Waals surface area contributed by atoms with Gasteiger partial charge in [-0.1, -0.05) is 12.5 Å². The number of carbonyl (C=O) groups excluding carboxylic acids is 1. The van der Waals surface area contributed by atoms with Gasteiger partial charge in [-0.15, -0.1) is 0 Å². The number of likely N-dealkylation sites (tertiary alicyclic amines) is 1. The predicted octanol–water partition coefficient (Wildman–Crippen LogP) is 4.87. The van der Waals surface area contributed by atoms with Crippen LogP contribution in [0.15, 0.2) is 30.5 Å². The van der Waals surface area contributed by atoms with Crippen LogP contribution in [-0.4, -0.2) is 48.2 Å². The molecule has 1 unspecified atom stereocenters. The lowest BCUT2D eigenvalue weighted by Gasteiger charge is -2.38. The molecule has 160 valence electrons. The number of hydrogen-bond donors (Lipinski definition) is 0. The highest BCUT2D eigenvalue weighted by Gasteiger charge is 2.45. The van der Waals surface area contributed by atoms with Crippen LogP contribution in [0.4, 0.5) is 0 Å². The van der Waals surface area contributed by atoms with Crippen molar-refractivity contribution >= 4 is 19.1 Å². The Balaban J connectivity index is 2.23. The molecule has 7 nitrogen and oxygen atoms in total. The number of carbonyl (C=O) groups is 1. The minimum atomic E-state index is -3.58. The molecule has 1 aliphatic rings. The maximum atomic E-state index is 14.0. The summed E-state index contributed by atoms with van der Waals surface area (Å²) < 4.78 is 32.8. The van der Waals surface area contributed by atoms with Crippen LogP contribution in [0, 0.1) is 0 Å². The van der Waals surface area contributed by atoms with Crippen molar-refractivity contribution in [3.63, 3.8) is 0 Å². The topological polar surface area (TPSA) is 69.5 Å². The smallest absolute Gasteiger partial charge is 0.353 e. The van der Waals surface area contributed by atoms with Crippen molar-refractivity contribution in [3.05, 3.63) is 41.7 Å². The van der Waals surface area contributed by atoms with Gasteiger partial charge in [0.05, 0.1) is 31.1 Å². The molecule has 0 saturated carbocycles. The van der Waals surface area contributed by atoms with Gasteiger partial charge < -0.3 is 18.2 Å². The van der Waals surface area contributed by atoms with Crippen molar-refractivity contribution in [2.75, 3.05) is 32.9 Å². The number of esters is 1. The first-order valence-corrected chi connectivity index (χ1v) is 12.1. The molecule has 0 radical (unpaired) electrons. The van der Waals surface area contributed by atoms with Crippen molar-refractivity contribution in [1.29, 1.82) is 0 Å². The van der Waals surface area contributed by atoms with Gasteiger partial charge in [0, 0.05) is 11.7 Å². The first-order valence-electron chi connectivity index (χ1n) is 10.5. The molecule has 2 aromatic heterocycles. The molecule has 1 aliphatic heterocycles. The molecule has 3 rings (SSSR count). The number of ether oxygens (including phenoxy) is 1. The number of fused-ring (bicyclic) bond motifs is 1. The molecular weight excluding hydrogens is 391 g/mol. The lowest BCUT2D eigenvalue weighted by Crippen LogP contribution is -2.36. The summed E-state index contributed by atoms with van der Waals surface area (Å²) in [6.07, 6.45) is 5.03. The number of nitrogens with zero attached hydrogens (tertiary/aromatic N) is 2. The van der Waals surface area contributed by atoms with Crippen LogP contribution >= 0.6 is 7.60 Å². The molecule has 1 saturated heterocycles. The third-order valence-corrected chi connectivity index (χ3v) is 7.52. The minimum absolute atomic E-state index is 0.264. The third kappa shape index (κ3) is 4.58. The Bertz CT molecular complexity index is 865. The summed E-state index contributed by atoms with van der Waals surface area (Å²) in [6.45, 7) is 7.74. The number of aromatic nitrogens is 1. The summed E-state index contributed by atoms with van der Waals surface area (Å²) in [5.74, 6) is -1.10. The normalized spacial score (nSPS) is 16.8. The molecule has 0 bridgehead atoms. The largest absolute Gasteiger partial charge is 0.462 e. The Morgan fingerprint density at radius 1 is 1.07 bits per heavy atom. The standard InChI is InChI=1S/C21H31N2O5P/c1-4-26-21(24)18-16-17-12-8-11-15-23(17)19(18)20(22-13-9-7-10-14-22)29(25,27-5-2)28-6-3/h8,11-12,15-16,20H,4-7,9-10,13-14H2,1-3H3. The summed E-state index contributed by atoms with van der Waals surface area (Å²) in [4.78, 5) is 15.0. The summed E-state index contributed by atoms with van der Waals surface area (Å²) in [5.41, 5.74) is 1.87. The third-order valence-electron chi connectivity index (χ3n) is 5.11. The summed E-state index contributed by atoms with van der Waals surface area (Å²) in [5, 5.41) is 0. The van der Waals surface area contributed by atoms with Crippen molar-refractivity contribution < 1.29 is 23.1 Å². The molecule has 1 atom stereocenters. The second-order valence-electron chi connectivity index (χ2n) is 7.00. The van der Waals surface area contributed by atoms with Crippen LogP contribution < -0.4 is 0 Å². The van der Waals surface area contributed by atoms with Gasteiger partial charge in [-0.2, -0.15) is 0 Å². The molecule has 3 heterocycles. The van der Waals surface area contributed by atoms with Gasteiger partial charge in [-0.05, 0) is 64.9 Å². The second-order valence-corrected chi connectivity index (χ2v) is 9.09. The fraction of sp³-hybridized carbons (Fsp3) is 0.571. The highest BCUT2D eigenvalue weighted by Crippen LogP contribution is 2.63. The van der Waals surface area contributed by atoms with Crippen LogP contribution in [0.1, 0.15) is 61.9 Å². The maximum absolute atomic E-state index is 14.0. The quantitative estimate of drug-likeness (QED) is 0.424. The van der Waals surface area contributed by atoms with E-state index in [1.54, 1.807) is 26.8 Å². The Morgan fingerprint density at radius 2 is 1.76 bits per heavy atom. The van der Waals surface area contributed by atoms with E-state index in [9.17, 15) is 9.36 Å². The van der Waals surface area contributed by atoms with E-state index in [4.69, 9.17) is 13.8 Å². The lowest BCUT2D eigenvalue weighted by atomic mass is 10.1. The summed E-state index contributed by atoms with van der Waals surface area (Å²) in [7, 11) is -3.58. The molecule has 1 fully saturated rings. The molecule has 0 amide bonds. The molecule has 0 N–H and O–H groups in total. The second kappa shape index (κ2) is 9.90. The fourth-order valence-corrected chi connectivity index (χ4v) is 6.28. The number of hydrogen-bond acceptors (Lipinski definition) is 6. The molecule has 0 aliphatic carbocycles. The SMILES string of the molecule is CCOC(=O)c1cc2ccccn2c1C(N1CCCCC1)P(=O)(OCC)OCC. The van der Waals surface area contributed by atoms with E-state index in [2.05, 4.69) is 4.90 Å². The van der Waals surface area contributed by atoms with Gasteiger partial charge in [-0.3, -0.25) is 9.46 Å². The molecule has 0 spiro atoms. The van der Waals surface area contributed by atoms with Gasteiger partial charge in [0.25, 0.3) is 0 Å². The van der Waals surface area contributed by atoms with E-state index in [1.165, 1.54) is 0 Å². The van der Waals surface area contributed by atoms with Gasteiger partial charge in [0.2, 0.25) is 0 Å². The molecule has 8 heteroatoms. The lowest BCUT2D eigenvalue weighted by molar-refractivity contribution is 0.0522. The van der Waals surface area contributed by atoms with Crippen LogP contribution in [-0.2, 0) is 18.3 Å². The van der Waals surface area contributed by atoms with Crippen LogP contribution in [0.3, 0.4) is 0 Å². The van der Waals surface area contributed by atoms with Gasteiger partial charge in [0.1, 0.15) is 0 Å². The number of pyridine rings is 1. The fourth-order valence-electron chi connectivity index (χ4n) is 4.00. The zero-order valence-corrected chi connectivity index (χ0v) is 18.4. The van der Waals surface area contributed by atoms with E-state index in [1.807, 2.05) is 28.8 Å². The highest BCUT2D eigenvalue weighted by atomic mass is 31.2. The van der Waals surface area contributed by atoms with Gasteiger partial charge in [-0.25, -0.2) is 4.79 Å². The zero-order valence-electron chi connectivity index (χ0n) is 17.5. The van der Waals surface area contributed by atoms with E-state index in [0.717, 1.165) is 37.9 Å². The van der Waals surface area contributed by atoms with Crippen LogP contribution in [0.5, 0.6) is 0 Å². The maximum Gasteiger partial charge on any atom is 0.353 e. The Labute approximate surface area is 172 Å². The Hall–Kier alpha value is -1.66. The molecular formula is C21H31N2O5P. The average Bonchev–Trinajstić information content (AvgIpc) is 3.09. The Kier molecular flexibility index (Phi) is 7.52. The van der Waals surface area contributed by atoms with Crippen molar-refractivity contribution in [2.45, 2.75) is 45.8 Å². The van der Waals surface area contributed by atoms with Crippen LogP contribution in [0.25, 0.3) is 5.52 Å². The predicted molar refractivity (Wildman–Crippen MR) is 112 cm³/mol. The van der Waals surface area contributed by atoms with E-state index >= 15 is 0 Å². The van der Waals surface area contributed by atoms with Gasteiger partial charge in [0.15, 0.2) is 5.78 Å². The van der Waals surface area contributed by atoms with Crippen molar-refractivity contribution in [2.24, 2.45) is 0 Å². The molecule has 2 aromatic rings. The van der Waals surface area contributed by atoms with Crippen molar-refractivity contribution in [3.8, 4) is 0 Å². The first kappa shape index (κ1) is 22.0. The molecule has 29 heavy (non-hydrogen) atoms. The number of rotatable bonds is 9. The highest BCUT2D eigenvalue weighted by molar-refractivity contribution is 7.54. The molecule has 0 aromatic carbocycles.